The number of nitrogen functional groups attached to an aromatic ring is 1. The number of hydrogen-bond donors (Lipinski definition) is 2. The summed E-state index contributed by atoms with van der Waals surface area (Å²) in [6, 6.07) is 0. The summed E-state index contributed by atoms with van der Waals surface area (Å²) in [7, 11) is 0. The number of hydrogen-bond acceptors (Lipinski definition) is 6. The van der Waals surface area contributed by atoms with Crippen LogP contribution in [0.25, 0.3) is 11.2 Å². The van der Waals surface area contributed by atoms with E-state index in [2.05, 4.69) is 28.1 Å². The lowest BCUT2D eigenvalue weighted by molar-refractivity contribution is -0.0207. The summed E-state index contributed by atoms with van der Waals surface area (Å²) >= 11 is 0. The van der Waals surface area contributed by atoms with E-state index in [9.17, 15) is 0 Å². The van der Waals surface area contributed by atoms with Crippen molar-refractivity contribution in [3.05, 3.63) is 25.8 Å². The number of nitrogens with two attached hydrogens (primary N) is 1. The average molecular weight is 263 g/mol. The standard InChI is InChI=1S/C10H13N5O2.C2H4/c11-9-8-10(13-4-12-9)15(5-14-8)7-2-1-6(3-16)17-7;1-2/h4-7,16H,1-3H2,(H2,11,12,13);1-2H2. The Kier molecular flexibility index (Phi) is 4.08. The van der Waals surface area contributed by atoms with Gasteiger partial charge in [-0.3, -0.25) is 4.57 Å². The van der Waals surface area contributed by atoms with Crippen molar-refractivity contribution >= 4 is 17.0 Å². The summed E-state index contributed by atoms with van der Waals surface area (Å²) in [5.41, 5.74) is 6.97. The minimum atomic E-state index is -0.133. The number of anilines is 1. The molecule has 19 heavy (non-hydrogen) atoms. The fourth-order valence-corrected chi connectivity index (χ4v) is 2.11. The third kappa shape index (κ3) is 2.42. The molecule has 1 saturated heterocycles. The number of aliphatic hydroxyl groups is 1. The molecule has 3 N–H and O–H groups in total. The van der Waals surface area contributed by atoms with E-state index in [0.717, 1.165) is 12.8 Å². The molecule has 1 aliphatic heterocycles. The second kappa shape index (κ2) is 5.77. The van der Waals surface area contributed by atoms with Gasteiger partial charge < -0.3 is 15.6 Å². The maximum Gasteiger partial charge on any atom is 0.167 e. The van der Waals surface area contributed by atoms with E-state index in [0.29, 0.717) is 17.0 Å². The summed E-state index contributed by atoms with van der Waals surface area (Å²) < 4.78 is 7.51. The van der Waals surface area contributed by atoms with Crippen LogP contribution in [0.3, 0.4) is 0 Å². The number of aliphatic hydroxyl groups excluding tert-OH is 1. The third-order valence-electron chi connectivity index (χ3n) is 2.99. The Morgan fingerprint density at radius 1 is 1.37 bits per heavy atom. The monoisotopic (exact) mass is 263 g/mol. The number of ether oxygens (including phenoxy) is 1. The first-order valence-corrected chi connectivity index (χ1v) is 5.99. The molecule has 0 saturated carbocycles. The number of imidazole rings is 1. The molecular weight excluding hydrogens is 246 g/mol. The van der Waals surface area contributed by atoms with Gasteiger partial charge in [0.25, 0.3) is 0 Å². The highest BCUT2D eigenvalue weighted by atomic mass is 16.5. The fraction of sp³-hybridized carbons (Fsp3) is 0.417. The van der Waals surface area contributed by atoms with Gasteiger partial charge in [-0.2, -0.15) is 0 Å². The molecule has 0 spiro atoms. The van der Waals surface area contributed by atoms with E-state index in [1.165, 1.54) is 6.33 Å². The number of fused-ring (bicyclic) bond motifs is 1. The lowest BCUT2D eigenvalue weighted by atomic mass is 10.2. The molecule has 0 aliphatic carbocycles. The topological polar surface area (TPSA) is 99.1 Å². The number of aromatic nitrogens is 4. The Morgan fingerprint density at radius 2 is 2.16 bits per heavy atom. The van der Waals surface area contributed by atoms with Gasteiger partial charge in [-0.15, -0.1) is 13.2 Å². The van der Waals surface area contributed by atoms with Crippen molar-refractivity contribution < 1.29 is 9.84 Å². The molecule has 0 amide bonds. The van der Waals surface area contributed by atoms with Gasteiger partial charge in [0.2, 0.25) is 0 Å². The normalized spacial score (nSPS) is 22.2. The van der Waals surface area contributed by atoms with Crippen LogP contribution in [0, 0.1) is 0 Å². The molecule has 102 valence electrons. The maximum atomic E-state index is 9.04. The molecule has 3 heterocycles. The second-order valence-corrected chi connectivity index (χ2v) is 4.06. The van der Waals surface area contributed by atoms with Crippen LogP contribution in [0.1, 0.15) is 19.1 Å². The Morgan fingerprint density at radius 3 is 2.84 bits per heavy atom. The molecule has 2 atom stereocenters. The Labute approximate surface area is 110 Å². The van der Waals surface area contributed by atoms with Crippen molar-refractivity contribution in [3.63, 3.8) is 0 Å². The molecule has 2 unspecified atom stereocenters. The molecular formula is C12H17N5O2. The molecule has 0 aromatic carbocycles. The minimum Gasteiger partial charge on any atom is -0.394 e. The third-order valence-corrected chi connectivity index (χ3v) is 2.99. The molecule has 2 aromatic rings. The van der Waals surface area contributed by atoms with Crippen LogP contribution in [-0.4, -0.2) is 37.3 Å². The van der Waals surface area contributed by atoms with Gasteiger partial charge in [0.15, 0.2) is 11.5 Å². The maximum absolute atomic E-state index is 9.04. The number of nitrogens with zero attached hydrogens (tertiary/aromatic N) is 4. The Hall–Kier alpha value is -1.99. The van der Waals surface area contributed by atoms with Gasteiger partial charge >= 0.3 is 0 Å². The van der Waals surface area contributed by atoms with Crippen molar-refractivity contribution in [1.82, 2.24) is 19.5 Å². The van der Waals surface area contributed by atoms with Crippen LogP contribution in [0.4, 0.5) is 5.82 Å². The van der Waals surface area contributed by atoms with Crippen molar-refractivity contribution in [2.45, 2.75) is 25.2 Å². The summed E-state index contributed by atoms with van der Waals surface area (Å²) in [5, 5.41) is 9.04. The average Bonchev–Trinajstić information content (AvgIpc) is 3.07. The predicted octanol–water partition coefficient (Wildman–Crippen LogP) is 0.881. The van der Waals surface area contributed by atoms with Crippen LogP contribution in [0.2, 0.25) is 0 Å². The van der Waals surface area contributed by atoms with Gasteiger partial charge in [-0.25, -0.2) is 15.0 Å². The summed E-state index contributed by atoms with van der Waals surface area (Å²) in [6.45, 7) is 6.04. The quantitative estimate of drug-likeness (QED) is 0.780. The highest BCUT2D eigenvalue weighted by molar-refractivity contribution is 5.81. The SMILES string of the molecule is C=C.Nc1ncnc2c1ncn2C1CCC(CO)O1. The molecule has 1 fully saturated rings. The van der Waals surface area contributed by atoms with Gasteiger partial charge in [0.05, 0.1) is 19.0 Å². The molecule has 2 aromatic heterocycles. The van der Waals surface area contributed by atoms with Crippen LogP contribution in [-0.2, 0) is 4.74 Å². The lowest BCUT2D eigenvalue weighted by Gasteiger charge is -2.13. The van der Waals surface area contributed by atoms with E-state index in [1.54, 1.807) is 6.33 Å². The molecule has 7 heteroatoms. The van der Waals surface area contributed by atoms with E-state index in [-0.39, 0.29) is 18.9 Å². The first-order valence-electron chi connectivity index (χ1n) is 5.99. The molecule has 7 nitrogen and oxygen atoms in total. The Balaban J connectivity index is 0.000000637. The van der Waals surface area contributed by atoms with Crippen LogP contribution in [0.5, 0.6) is 0 Å². The smallest absolute Gasteiger partial charge is 0.167 e. The van der Waals surface area contributed by atoms with Gasteiger partial charge in [0.1, 0.15) is 18.1 Å². The lowest BCUT2D eigenvalue weighted by Crippen LogP contribution is -2.14. The zero-order valence-corrected chi connectivity index (χ0v) is 10.6. The van der Waals surface area contributed by atoms with E-state index in [1.807, 2.05) is 4.57 Å². The molecule has 3 rings (SSSR count). The van der Waals surface area contributed by atoms with Gasteiger partial charge in [0, 0.05) is 0 Å². The van der Waals surface area contributed by atoms with Crippen LogP contribution in [0.15, 0.2) is 25.8 Å². The van der Waals surface area contributed by atoms with Crippen molar-refractivity contribution in [3.8, 4) is 0 Å². The van der Waals surface area contributed by atoms with Crippen molar-refractivity contribution in [2.24, 2.45) is 0 Å². The highest BCUT2D eigenvalue weighted by Crippen LogP contribution is 2.30. The first kappa shape index (κ1) is 13.4. The fourth-order valence-electron chi connectivity index (χ4n) is 2.11. The largest absolute Gasteiger partial charge is 0.394 e. The predicted molar refractivity (Wildman–Crippen MR) is 71.2 cm³/mol. The molecule has 0 radical (unpaired) electrons. The Bertz CT molecular complexity index is 556. The number of rotatable bonds is 2. The highest BCUT2D eigenvalue weighted by Gasteiger charge is 2.27. The molecule has 1 aliphatic rings. The summed E-state index contributed by atoms with van der Waals surface area (Å²) in [4.78, 5) is 12.2. The van der Waals surface area contributed by atoms with E-state index < -0.39 is 0 Å². The zero-order chi connectivity index (χ0) is 13.8. The summed E-state index contributed by atoms with van der Waals surface area (Å²) in [6.07, 6.45) is 4.50. The molecule has 0 bridgehead atoms. The van der Waals surface area contributed by atoms with Crippen molar-refractivity contribution in [1.29, 1.82) is 0 Å². The van der Waals surface area contributed by atoms with E-state index in [4.69, 9.17) is 15.6 Å². The second-order valence-electron chi connectivity index (χ2n) is 4.06. The van der Waals surface area contributed by atoms with Gasteiger partial charge in [-0.05, 0) is 12.8 Å². The van der Waals surface area contributed by atoms with Crippen LogP contribution < -0.4 is 5.73 Å². The van der Waals surface area contributed by atoms with Crippen molar-refractivity contribution in [2.75, 3.05) is 12.3 Å². The summed E-state index contributed by atoms with van der Waals surface area (Å²) in [5.74, 6) is 0.366. The van der Waals surface area contributed by atoms with E-state index >= 15 is 0 Å². The van der Waals surface area contributed by atoms with Gasteiger partial charge in [-0.1, -0.05) is 0 Å². The first-order chi connectivity index (χ1) is 9.29. The van der Waals surface area contributed by atoms with Crippen LogP contribution >= 0.6 is 0 Å². The zero-order valence-electron chi connectivity index (χ0n) is 10.6. The minimum absolute atomic E-state index is 0.0419.